The van der Waals surface area contributed by atoms with E-state index < -0.39 is 12.0 Å². The van der Waals surface area contributed by atoms with Gasteiger partial charge in [-0.3, -0.25) is 0 Å². The zero-order valence-electron chi connectivity index (χ0n) is 10.1. The lowest BCUT2D eigenvalue weighted by molar-refractivity contribution is -0.306. The molecular formula is C13H14N3O2-. The van der Waals surface area contributed by atoms with E-state index in [9.17, 15) is 9.90 Å². The van der Waals surface area contributed by atoms with Crippen molar-refractivity contribution in [3.63, 3.8) is 0 Å². The van der Waals surface area contributed by atoms with Crippen molar-refractivity contribution in [2.24, 2.45) is 0 Å². The van der Waals surface area contributed by atoms with E-state index in [1.165, 1.54) is 6.33 Å². The van der Waals surface area contributed by atoms with E-state index in [4.69, 9.17) is 0 Å². The Hall–Kier alpha value is -2.17. The number of nitrogens with one attached hydrogen (secondary N) is 1. The van der Waals surface area contributed by atoms with Crippen LogP contribution in [0.1, 0.15) is 19.8 Å². The quantitative estimate of drug-likeness (QED) is 0.847. The highest BCUT2D eigenvalue weighted by molar-refractivity contribution is 5.90. The maximum absolute atomic E-state index is 11.0. The van der Waals surface area contributed by atoms with Gasteiger partial charge in [0.1, 0.15) is 12.1 Å². The van der Waals surface area contributed by atoms with E-state index >= 15 is 0 Å². The minimum atomic E-state index is -1.11. The van der Waals surface area contributed by atoms with Crippen molar-refractivity contribution < 1.29 is 9.90 Å². The molecule has 0 radical (unpaired) electrons. The molecule has 18 heavy (non-hydrogen) atoms. The van der Waals surface area contributed by atoms with Gasteiger partial charge in [-0.25, -0.2) is 9.97 Å². The van der Waals surface area contributed by atoms with Crippen LogP contribution in [0.15, 0.2) is 30.6 Å². The highest BCUT2D eigenvalue weighted by Gasteiger charge is 2.11. The van der Waals surface area contributed by atoms with Crippen LogP contribution in [0, 0.1) is 0 Å². The van der Waals surface area contributed by atoms with Gasteiger partial charge in [-0.05, 0) is 18.6 Å². The normalized spacial score (nSPS) is 12.3. The van der Waals surface area contributed by atoms with Gasteiger partial charge in [0.05, 0.1) is 17.5 Å². The van der Waals surface area contributed by atoms with Gasteiger partial charge in [0.15, 0.2) is 0 Å². The van der Waals surface area contributed by atoms with Crippen molar-refractivity contribution >= 4 is 22.7 Å². The molecule has 0 fully saturated rings. The smallest absolute Gasteiger partial charge is 0.137 e. The Morgan fingerprint density at radius 3 is 2.89 bits per heavy atom. The maximum atomic E-state index is 11.0. The van der Waals surface area contributed by atoms with E-state index in [0.29, 0.717) is 12.2 Å². The predicted octanol–water partition coefficient (Wildman–Crippen LogP) is 0.960. The molecule has 0 spiro atoms. The van der Waals surface area contributed by atoms with Crippen molar-refractivity contribution in [1.82, 2.24) is 9.97 Å². The Balaban J connectivity index is 2.33. The van der Waals surface area contributed by atoms with Gasteiger partial charge in [-0.1, -0.05) is 25.5 Å². The number of rotatable bonds is 5. The maximum Gasteiger partial charge on any atom is 0.137 e. The van der Waals surface area contributed by atoms with E-state index in [1.807, 2.05) is 31.2 Å². The number of nitrogens with zero attached hydrogens (tertiary/aromatic N) is 2. The topological polar surface area (TPSA) is 77.9 Å². The second-order valence-corrected chi connectivity index (χ2v) is 4.04. The number of carboxylic acids is 1. The van der Waals surface area contributed by atoms with Crippen molar-refractivity contribution in [3.8, 4) is 0 Å². The fourth-order valence-corrected chi connectivity index (χ4v) is 1.82. The molecule has 0 aliphatic heterocycles. The third kappa shape index (κ3) is 2.56. The fourth-order valence-electron chi connectivity index (χ4n) is 1.82. The van der Waals surface area contributed by atoms with Gasteiger partial charge in [0, 0.05) is 5.39 Å². The summed E-state index contributed by atoms with van der Waals surface area (Å²) in [6.45, 7) is 1.93. The number of benzene rings is 1. The highest BCUT2D eigenvalue weighted by Crippen LogP contribution is 2.19. The predicted molar refractivity (Wildman–Crippen MR) is 66.9 cm³/mol. The molecule has 0 aliphatic rings. The fraction of sp³-hybridized carbons (Fsp3) is 0.308. The molecular weight excluding hydrogens is 230 g/mol. The van der Waals surface area contributed by atoms with Crippen molar-refractivity contribution in [1.29, 1.82) is 0 Å². The van der Waals surface area contributed by atoms with Crippen LogP contribution in [0.25, 0.3) is 10.9 Å². The molecule has 5 heteroatoms. The Kier molecular flexibility index (Phi) is 3.72. The molecule has 0 saturated heterocycles. The third-order valence-corrected chi connectivity index (χ3v) is 2.72. The number of carbonyl (C=O) groups is 1. The molecule has 94 valence electrons. The highest BCUT2D eigenvalue weighted by atomic mass is 16.4. The number of hydrogen-bond acceptors (Lipinski definition) is 5. The van der Waals surface area contributed by atoms with Crippen LogP contribution in [0.5, 0.6) is 0 Å². The first-order chi connectivity index (χ1) is 8.72. The number of carboxylic acid groups (broad SMARTS) is 1. The number of para-hydroxylation sites is 1. The molecule has 0 bridgehead atoms. The van der Waals surface area contributed by atoms with Gasteiger partial charge in [-0.15, -0.1) is 0 Å². The Morgan fingerprint density at radius 2 is 2.17 bits per heavy atom. The van der Waals surface area contributed by atoms with Crippen LogP contribution in [0.2, 0.25) is 0 Å². The first-order valence-corrected chi connectivity index (χ1v) is 5.89. The molecule has 0 saturated carbocycles. The summed E-state index contributed by atoms with van der Waals surface area (Å²) in [6.07, 6.45) is 2.68. The van der Waals surface area contributed by atoms with E-state index in [1.54, 1.807) is 0 Å². The van der Waals surface area contributed by atoms with Gasteiger partial charge in [-0.2, -0.15) is 0 Å². The average Bonchev–Trinajstić information content (AvgIpc) is 2.38. The molecule has 0 amide bonds. The number of aliphatic carboxylic acids is 1. The first-order valence-electron chi connectivity index (χ1n) is 5.89. The molecule has 1 heterocycles. The van der Waals surface area contributed by atoms with Gasteiger partial charge in [0.2, 0.25) is 0 Å². The number of carbonyl (C=O) groups excluding carboxylic acids is 1. The minimum absolute atomic E-state index is 0.501. The molecule has 1 atom stereocenters. The summed E-state index contributed by atoms with van der Waals surface area (Å²) in [7, 11) is 0. The molecule has 1 aromatic heterocycles. The summed E-state index contributed by atoms with van der Waals surface area (Å²) in [5, 5.41) is 14.7. The Morgan fingerprint density at radius 1 is 1.39 bits per heavy atom. The van der Waals surface area contributed by atoms with Crippen molar-refractivity contribution in [3.05, 3.63) is 30.6 Å². The van der Waals surface area contributed by atoms with Gasteiger partial charge >= 0.3 is 0 Å². The monoisotopic (exact) mass is 244 g/mol. The number of aromatic nitrogens is 2. The van der Waals surface area contributed by atoms with E-state index in [0.717, 1.165) is 17.3 Å². The third-order valence-electron chi connectivity index (χ3n) is 2.72. The lowest BCUT2D eigenvalue weighted by atomic mass is 10.1. The molecule has 1 aromatic carbocycles. The van der Waals surface area contributed by atoms with Crippen LogP contribution in [-0.2, 0) is 4.79 Å². The van der Waals surface area contributed by atoms with E-state index in [-0.39, 0.29) is 0 Å². The largest absolute Gasteiger partial charge is 0.548 e. The number of anilines is 1. The van der Waals surface area contributed by atoms with Crippen LogP contribution < -0.4 is 10.4 Å². The number of hydrogen-bond donors (Lipinski definition) is 1. The second kappa shape index (κ2) is 5.44. The molecule has 0 unspecified atom stereocenters. The SMILES string of the molecule is CCC[C@H](Nc1ncnc2ccccc12)C(=O)[O-]. The zero-order valence-corrected chi connectivity index (χ0v) is 10.1. The molecule has 5 nitrogen and oxygen atoms in total. The van der Waals surface area contributed by atoms with Crippen LogP contribution in [0.4, 0.5) is 5.82 Å². The van der Waals surface area contributed by atoms with Gasteiger partial charge < -0.3 is 15.2 Å². The summed E-state index contributed by atoms with van der Waals surface area (Å²) < 4.78 is 0. The lowest BCUT2D eigenvalue weighted by Gasteiger charge is -2.20. The molecule has 1 N–H and O–H groups in total. The van der Waals surface area contributed by atoms with Crippen LogP contribution in [-0.4, -0.2) is 22.0 Å². The van der Waals surface area contributed by atoms with Crippen molar-refractivity contribution in [2.45, 2.75) is 25.8 Å². The lowest BCUT2D eigenvalue weighted by Crippen LogP contribution is -2.41. The first kappa shape index (κ1) is 12.3. The second-order valence-electron chi connectivity index (χ2n) is 4.04. The molecule has 2 rings (SSSR count). The summed E-state index contributed by atoms with van der Waals surface area (Å²) in [5.41, 5.74) is 0.781. The Labute approximate surface area is 105 Å². The van der Waals surface area contributed by atoms with Crippen molar-refractivity contribution in [2.75, 3.05) is 5.32 Å². The van der Waals surface area contributed by atoms with Crippen LogP contribution in [0.3, 0.4) is 0 Å². The summed E-state index contributed by atoms with van der Waals surface area (Å²) in [4.78, 5) is 19.2. The van der Waals surface area contributed by atoms with Crippen LogP contribution >= 0.6 is 0 Å². The summed E-state index contributed by atoms with van der Waals surface area (Å²) in [6, 6.07) is 6.73. The average molecular weight is 244 g/mol. The van der Waals surface area contributed by atoms with Gasteiger partial charge in [0.25, 0.3) is 0 Å². The standard InChI is InChI=1S/C13H15N3O2/c1-2-5-11(13(17)18)16-12-9-6-3-4-7-10(9)14-8-15-12/h3-4,6-8,11H,2,5H2,1H3,(H,17,18)(H,14,15,16)/p-1/t11-/m0/s1. The minimum Gasteiger partial charge on any atom is -0.548 e. The Bertz CT molecular complexity index is 551. The molecule has 0 aliphatic carbocycles. The molecule has 2 aromatic rings. The summed E-state index contributed by atoms with van der Waals surface area (Å²) >= 11 is 0. The zero-order chi connectivity index (χ0) is 13.0. The van der Waals surface area contributed by atoms with E-state index in [2.05, 4.69) is 15.3 Å². The number of fused-ring (bicyclic) bond motifs is 1. The summed E-state index contributed by atoms with van der Waals surface area (Å²) in [5.74, 6) is -0.581.